The van der Waals surface area contributed by atoms with E-state index in [1.807, 2.05) is 92.7 Å². The molecule has 1 heterocycles. The Labute approximate surface area is 170 Å². The van der Waals surface area contributed by atoms with E-state index in [2.05, 4.69) is 4.98 Å². The van der Waals surface area contributed by atoms with Crippen LogP contribution in [-0.2, 0) is 0 Å². The van der Waals surface area contributed by atoms with Gasteiger partial charge in [-0.25, -0.2) is 0 Å². The van der Waals surface area contributed by atoms with E-state index in [-0.39, 0.29) is 5.43 Å². The Morgan fingerprint density at radius 2 is 1.48 bits per heavy atom. The lowest BCUT2D eigenvalue weighted by Gasteiger charge is -2.17. The zero-order chi connectivity index (χ0) is 20.4. The van der Waals surface area contributed by atoms with Gasteiger partial charge in [-0.15, -0.1) is 0 Å². The van der Waals surface area contributed by atoms with Gasteiger partial charge in [0.25, 0.3) is 0 Å². The Balaban J connectivity index is 2.17. The van der Waals surface area contributed by atoms with Crippen molar-refractivity contribution in [1.29, 1.82) is 0 Å². The summed E-state index contributed by atoms with van der Waals surface area (Å²) >= 11 is 0. The van der Waals surface area contributed by atoms with E-state index in [1.165, 1.54) is 0 Å². The van der Waals surface area contributed by atoms with Gasteiger partial charge in [0, 0.05) is 5.39 Å². The van der Waals surface area contributed by atoms with Gasteiger partial charge in [0.05, 0.1) is 23.9 Å². The Hall–Kier alpha value is -3.59. The highest BCUT2D eigenvalue weighted by molar-refractivity contribution is 5.96. The standard InChI is InChI=1S/C26H23NO2/c1-17(2)22(18-11-6-4-7-12-18)23-24(19-13-8-5-9-14-19)27-25-20(26(23)28)15-10-16-21(25)29-3/h4-16H,1-3H3,(H,27,28). The van der Waals surface area contributed by atoms with Crippen LogP contribution in [0.2, 0.25) is 0 Å². The van der Waals surface area contributed by atoms with Crippen molar-refractivity contribution in [3.05, 3.63) is 106 Å². The summed E-state index contributed by atoms with van der Waals surface area (Å²) in [5.41, 5.74) is 6.21. The average Bonchev–Trinajstić information content (AvgIpc) is 2.76. The molecular formula is C26H23NO2. The number of nitrogens with one attached hydrogen (secondary N) is 1. The zero-order valence-corrected chi connectivity index (χ0v) is 16.8. The van der Waals surface area contributed by atoms with Crippen molar-refractivity contribution >= 4 is 16.5 Å². The molecule has 1 aromatic heterocycles. The number of methoxy groups -OCH3 is 1. The van der Waals surface area contributed by atoms with E-state index >= 15 is 0 Å². The van der Waals surface area contributed by atoms with Crippen molar-refractivity contribution in [2.75, 3.05) is 7.11 Å². The SMILES string of the molecule is COc1cccc2c(=O)c(C(=C(C)C)c3ccccc3)c(-c3ccccc3)[nH]c12. The highest BCUT2D eigenvalue weighted by atomic mass is 16.5. The number of hydrogen-bond acceptors (Lipinski definition) is 2. The Morgan fingerprint density at radius 1 is 0.828 bits per heavy atom. The minimum atomic E-state index is -0.00319. The van der Waals surface area contributed by atoms with Crippen molar-refractivity contribution < 1.29 is 4.74 Å². The molecule has 0 radical (unpaired) electrons. The molecule has 0 aliphatic rings. The van der Waals surface area contributed by atoms with Crippen LogP contribution in [0.4, 0.5) is 0 Å². The first-order valence-corrected chi connectivity index (χ1v) is 9.63. The van der Waals surface area contributed by atoms with Crippen LogP contribution in [0, 0.1) is 0 Å². The topological polar surface area (TPSA) is 42.1 Å². The van der Waals surface area contributed by atoms with Crippen LogP contribution < -0.4 is 10.2 Å². The monoisotopic (exact) mass is 381 g/mol. The lowest BCUT2D eigenvalue weighted by atomic mass is 9.89. The summed E-state index contributed by atoms with van der Waals surface area (Å²) in [4.78, 5) is 17.3. The molecule has 0 spiro atoms. The van der Waals surface area contributed by atoms with Gasteiger partial charge in [-0.3, -0.25) is 4.79 Å². The maximum absolute atomic E-state index is 13.8. The first-order chi connectivity index (χ1) is 14.1. The molecule has 3 aromatic carbocycles. The van der Waals surface area contributed by atoms with E-state index in [9.17, 15) is 4.79 Å². The molecule has 4 rings (SSSR count). The first kappa shape index (κ1) is 18.8. The van der Waals surface area contributed by atoms with Crippen molar-refractivity contribution in [3.8, 4) is 17.0 Å². The van der Waals surface area contributed by atoms with Crippen molar-refractivity contribution in [2.24, 2.45) is 0 Å². The summed E-state index contributed by atoms with van der Waals surface area (Å²) in [6.45, 7) is 4.10. The number of aromatic nitrogens is 1. The molecular weight excluding hydrogens is 358 g/mol. The number of H-pyrrole nitrogens is 1. The molecule has 3 nitrogen and oxygen atoms in total. The van der Waals surface area contributed by atoms with Crippen LogP contribution >= 0.6 is 0 Å². The summed E-state index contributed by atoms with van der Waals surface area (Å²) in [7, 11) is 1.62. The summed E-state index contributed by atoms with van der Waals surface area (Å²) < 4.78 is 5.52. The van der Waals surface area contributed by atoms with Crippen molar-refractivity contribution in [3.63, 3.8) is 0 Å². The van der Waals surface area contributed by atoms with Gasteiger partial charge in [0.15, 0.2) is 5.43 Å². The molecule has 0 amide bonds. The molecule has 0 atom stereocenters. The van der Waals surface area contributed by atoms with Gasteiger partial charge in [0.1, 0.15) is 5.75 Å². The molecule has 0 bridgehead atoms. The van der Waals surface area contributed by atoms with E-state index in [0.29, 0.717) is 22.2 Å². The summed E-state index contributed by atoms with van der Waals surface area (Å²) in [6, 6.07) is 25.6. The van der Waals surface area contributed by atoms with E-state index in [0.717, 1.165) is 28.0 Å². The number of ether oxygens (including phenoxy) is 1. The molecule has 0 unspecified atom stereocenters. The molecule has 0 fully saturated rings. The van der Waals surface area contributed by atoms with Crippen LogP contribution in [-0.4, -0.2) is 12.1 Å². The van der Waals surface area contributed by atoms with Crippen molar-refractivity contribution in [1.82, 2.24) is 4.98 Å². The van der Waals surface area contributed by atoms with Gasteiger partial charge in [0.2, 0.25) is 0 Å². The normalized spacial score (nSPS) is 10.7. The third kappa shape index (κ3) is 3.36. The van der Waals surface area contributed by atoms with Gasteiger partial charge >= 0.3 is 0 Å². The number of allylic oxidation sites excluding steroid dienone is 1. The lowest BCUT2D eigenvalue weighted by Crippen LogP contribution is -2.14. The largest absolute Gasteiger partial charge is 0.495 e. The molecule has 0 saturated carbocycles. The second kappa shape index (κ2) is 7.80. The fraction of sp³-hybridized carbons (Fsp3) is 0.115. The molecule has 144 valence electrons. The second-order valence-corrected chi connectivity index (χ2v) is 7.19. The molecule has 3 heteroatoms. The second-order valence-electron chi connectivity index (χ2n) is 7.19. The molecule has 4 aromatic rings. The summed E-state index contributed by atoms with van der Waals surface area (Å²) in [5, 5.41) is 0.619. The summed E-state index contributed by atoms with van der Waals surface area (Å²) in [6.07, 6.45) is 0. The van der Waals surface area contributed by atoms with Gasteiger partial charge in [-0.1, -0.05) is 72.3 Å². The Morgan fingerprint density at radius 3 is 2.10 bits per heavy atom. The molecule has 29 heavy (non-hydrogen) atoms. The average molecular weight is 381 g/mol. The number of hydrogen-bond donors (Lipinski definition) is 1. The Bertz CT molecular complexity index is 1250. The van der Waals surface area contributed by atoms with E-state index in [1.54, 1.807) is 7.11 Å². The third-order valence-corrected chi connectivity index (χ3v) is 5.09. The van der Waals surface area contributed by atoms with Gasteiger partial charge < -0.3 is 9.72 Å². The van der Waals surface area contributed by atoms with Crippen molar-refractivity contribution in [2.45, 2.75) is 13.8 Å². The predicted octanol–water partition coefficient (Wildman–Crippen LogP) is 6.05. The summed E-state index contributed by atoms with van der Waals surface area (Å²) in [5.74, 6) is 0.654. The molecule has 0 aliphatic carbocycles. The predicted molar refractivity (Wildman–Crippen MR) is 120 cm³/mol. The molecule has 0 aliphatic heterocycles. The number of pyridine rings is 1. The number of benzene rings is 3. The number of fused-ring (bicyclic) bond motifs is 1. The smallest absolute Gasteiger partial charge is 0.197 e. The molecule has 1 N–H and O–H groups in total. The van der Waals surface area contributed by atoms with E-state index < -0.39 is 0 Å². The maximum atomic E-state index is 13.8. The number of aromatic amines is 1. The van der Waals surface area contributed by atoms with Gasteiger partial charge in [-0.05, 0) is 42.7 Å². The van der Waals surface area contributed by atoms with Crippen LogP contribution in [0.15, 0.2) is 89.2 Å². The highest BCUT2D eigenvalue weighted by Gasteiger charge is 2.20. The highest BCUT2D eigenvalue weighted by Crippen LogP contribution is 2.34. The van der Waals surface area contributed by atoms with Crippen LogP contribution in [0.25, 0.3) is 27.7 Å². The fourth-order valence-corrected chi connectivity index (χ4v) is 3.80. The minimum Gasteiger partial charge on any atom is -0.495 e. The number of rotatable bonds is 4. The molecule has 0 saturated heterocycles. The van der Waals surface area contributed by atoms with Crippen LogP contribution in [0.1, 0.15) is 25.0 Å². The lowest BCUT2D eigenvalue weighted by molar-refractivity contribution is 0.419. The first-order valence-electron chi connectivity index (χ1n) is 9.63. The third-order valence-electron chi connectivity index (χ3n) is 5.09. The minimum absolute atomic E-state index is 0.00319. The quantitative estimate of drug-likeness (QED) is 0.468. The maximum Gasteiger partial charge on any atom is 0.197 e. The van der Waals surface area contributed by atoms with Gasteiger partial charge in [-0.2, -0.15) is 0 Å². The van der Waals surface area contributed by atoms with E-state index in [4.69, 9.17) is 4.74 Å². The number of para-hydroxylation sites is 1. The zero-order valence-electron chi connectivity index (χ0n) is 16.8. The van der Waals surface area contributed by atoms with Crippen LogP contribution in [0.3, 0.4) is 0 Å². The van der Waals surface area contributed by atoms with Crippen LogP contribution in [0.5, 0.6) is 5.75 Å². The Kier molecular flexibility index (Phi) is 5.05. The fourth-order valence-electron chi connectivity index (χ4n) is 3.80.